The molecule has 1 aliphatic heterocycles. The molecule has 0 amide bonds. The molecule has 0 aromatic heterocycles. The van der Waals surface area contributed by atoms with Gasteiger partial charge in [-0.05, 0) is 39.2 Å². The summed E-state index contributed by atoms with van der Waals surface area (Å²) in [4.78, 5) is 10.6. The Morgan fingerprint density at radius 3 is 2.00 bits per heavy atom. The zero-order valence-electron chi connectivity index (χ0n) is 14.8. The molecule has 1 aliphatic rings. The number of rotatable bonds is 3. The third-order valence-corrected chi connectivity index (χ3v) is 3.93. The average molecular weight is 343 g/mol. The molecule has 130 valence electrons. The first kappa shape index (κ1) is 21.8. The predicted octanol–water partition coefficient (Wildman–Crippen LogP) is 3.04. The Labute approximate surface area is 145 Å². The van der Waals surface area contributed by atoms with E-state index in [2.05, 4.69) is 0 Å². The van der Waals surface area contributed by atoms with Gasteiger partial charge in [0.15, 0.2) is 5.75 Å². The first-order valence-electron chi connectivity index (χ1n) is 7.36. The van der Waals surface area contributed by atoms with Gasteiger partial charge in [-0.3, -0.25) is 10.1 Å². The largest absolute Gasteiger partial charge is 0.495 e. The fourth-order valence-corrected chi connectivity index (χ4v) is 1.98. The molecule has 1 heterocycles. The van der Waals surface area contributed by atoms with Crippen LogP contribution in [0.3, 0.4) is 0 Å². The fraction of sp³-hybridized carbons (Fsp3) is 0.600. The highest BCUT2D eigenvalue weighted by molar-refractivity contribution is 7.59. The van der Waals surface area contributed by atoms with Crippen molar-refractivity contribution in [2.75, 3.05) is 7.11 Å². The zero-order chi connectivity index (χ0) is 17.1. The summed E-state index contributed by atoms with van der Waals surface area (Å²) in [5.74, 6) is 0.218. The minimum atomic E-state index is -0.621. The van der Waals surface area contributed by atoms with Gasteiger partial charge in [0.1, 0.15) is 0 Å². The Hall–Kier alpha value is -1.25. The Morgan fingerprint density at radius 2 is 1.61 bits per heavy atom. The van der Waals surface area contributed by atoms with E-state index >= 15 is 0 Å². The maximum absolute atomic E-state index is 11.0. The van der Waals surface area contributed by atoms with Gasteiger partial charge in [0.05, 0.1) is 23.2 Å². The van der Waals surface area contributed by atoms with Crippen LogP contribution in [0.4, 0.5) is 5.69 Å². The van der Waals surface area contributed by atoms with Gasteiger partial charge >= 0.3 is 12.8 Å². The van der Waals surface area contributed by atoms with Crippen LogP contribution in [0.15, 0.2) is 18.2 Å². The minimum Gasteiger partial charge on any atom is -0.490 e. The fourth-order valence-electron chi connectivity index (χ4n) is 1.98. The third kappa shape index (κ3) is 4.40. The van der Waals surface area contributed by atoms with Crippen LogP contribution in [0.1, 0.15) is 41.5 Å². The Bertz CT molecular complexity index is 535. The highest BCUT2D eigenvalue weighted by Gasteiger charge is 2.52. The van der Waals surface area contributed by atoms with E-state index in [4.69, 9.17) is 14.0 Å². The lowest BCUT2D eigenvalue weighted by molar-refractivity contribution is -0.385. The number of nitro benzene ring substituents is 1. The zero-order valence-corrected chi connectivity index (χ0v) is 15.8. The van der Waals surface area contributed by atoms with Crippen molar-refractivity contribution in [3.63, 3.8) is 0 Å². The topological polar surface area (TPSA) is 70.8 Å². The molecule has 2 rings (SSSR count). The highest BCUT2D eigenvalue weighted by Crippen LogP contribution is 2.37. The summed E-state index contributed by atoms with van der Waals surface area (Å²) >= 11 is 0. The molecule has 8 heteroatoms. The molecular weight excluding hydrogens is 317 g/mol. The van der Waals surface area contributed by atoms with E-state index in [0.717, 1.165) is 0 Å². The molecule has 0 spiro atoms. The van der Waals surface area contributed by atoms with E-state index in [-0.39, 0.29) is 24.9 Å². The predicted molar refractivity (Wildman–Crippen MR) is 97.1 cm³/mol. The Morgan fingerprint density at radius 1 is 1.13 bits per heavy atom. The Balaban J connectivity index is 0.00000155. The molecule has 1 fully saturated rings. The van der Waals surface area contributed by atoms with Crippen molar-refractivity contribution >= 4 is 31.8 Å². The number of ether oxygens (including phenoxy) is 1. The number of nitro groups is 1. The number of nitrogens with zero attached hydrogens (tertiary/aromatic N) is 1. The van der Waals surface area contributed by atoms with Crippen LogP contribution in [0, 0.1) is 10.1 Å². The molecule has 1 aromatic rings. The van der Waals surface area contributed by atoms with Gasteiger partial charge < -0.3 is 14.0 Å². The van der Waals surface area contributed by atoms with Crippen molar-refractivity contribution in [3.05, 3.63) is 28.3 Å². The molecule has 0 atom stereocenters. The van der Waals surface area contributed by atoms with Crippen molar-refractivity contribution in [3.8, 4) is 5.75 Å². The van der Waals surface area contributed by atoms with Gasteiger partial charge in [-0.1, -0.05) is 19.9 Å². The van der Waals surface area contributed by atoms with E-state index in [0.29, 0.717) is 5.46 Å². The molecule has 0 N–H and O–H groups in total. The molecule has 23 heavy (non-hydrogen) atoms. The van der Waals surface area contributed by atoms with Crippen molar-refractivity contribution in [1.82, 2.24) is 0 Å². The maximum atomic E-state index is 11.0. The van der Waals surface area contributed by atoms with Crippen LogP contribution in [-0.2, 0) is 9.31 Å². The monoisotopic (exact) mass is 343 g/mol. The normalized spacial score (nSPS) is 17.6. The molecule has 1 aromatic carbocycles. The second-order valence-corrected chi connectivity index (χ2v) is 5.78. The summed E-state index contributed by atoms with van der Waals surface area (Å²) in [6, 6.07) is 4.70. The van der Waals surface area contributed by atoms with E-state index in [1.165, 1.54) is 13.2 Å². The Kier molecular flexibility index (Phi) is 7.60. The maximum Gasteiger partial charge on any atom is 0.495 e. The van der Waals surface area contributed by atoms with E-state index in [9.17, 15) is 10.1 Å². The van der Waals surface area contributed by atoms with Crippen molar-refractivity contribution in [1.29, 1.82) is 0 Å². The standard InChI is InChI=1S/C13H18BNO5.C2H6.H2S/c1-12(2)13(3,4)20-14(19-12)9-6-7-11(18-5)10(8-9)15(16)17;1-2;/h6-8H,1-5H3;1-2H3;1H2. The van der Waals surface area contributed by atoms with Crippen LogP contribution in [0.2, 0.25) is 0 Å². The molecule has 0 saturated carbocycles. The lowest BCUT2D eigenvalue weighted by Gasteiger charge is -2.32. The van der Waals surface area contributed by atoms with Gasteiger partial charge in [0.25, 0.3) is 0 Å². The van der Waals surface area contributed by atoms with Crippen molar-refractivity contribution < 1.29 is 19.0 Å². The summed E-state index contributed by atoms with van der Waals surface area (Å²) in [7, 11) is 0.779. The first-order valence-corrected chi connectivity index (χ1v) is 7.36. The third-order valence-electron chi connectivity index (χ3n) is 3.93. The number of hydrogen-bond acceptors (Lipinski definition) is 5. The molecule has 6 nitrogen and oxygen atoms in total. The summed E-state index contributed by atoms with van der Waals surface area (Å²) in [5, 5.41) is 11.0. The second kappa shape index (κ2) is 8.03. The van der Waals surface area contributed by atoms with Gasteiger partial charge in [-0.25, -0.2) is 0 Å². The summed E-state index contributed by atoms with van der Waals surface area (Å²) in [6.07, 6.45) is 0. The first-order chi connectivity index (χ1) is 10.2. The lowest BCUT2D eigenvalue weighted by Crippen LogP contribution is -2.41. The van der Waals surface area contributed by atoms with E-state index < -0.39 is 23.2 Å². The SMILES string of the molecule is CC.COc1ccc(B2OC(C)(C)C(C)(C)O2)cc1[N+](=O)[O-].S. The summed E-state index contributed by atoms with van der Waals surface area (Å²) in [6.45, 7) is 11.7. The van der Waals surface area contributed by atoms with Crippen LogP contribution in [-0.4, -0.2) is 30.4 Å². The summed E-state index contributed by atoms with van der Waals surface area (Å²) < 4.78 is 16.7. The van der Waals surface area contributed by atoms with E-state index in [1.807, 2.05) is 41.5 Å². The van der Waals surface area contributed by atoms with Crippen LogP contribution in [0.25, 0.3) is 0 Å². The average Bonchev–Trinajstić information content (AvgIpc) is 2.69. The van der Waals surface area contributed by atoms with Crippen LogP contribution in [0.5, 0.6) is 5.75 Å². The molecule has 1 saturated heterocycles. The van der Waals surface area contributed by atoms with Gasteiger partial charge in [0, 0.05) is 6.07 Å². The summed E-state index contributed by atoms with van der Waals surface area (Å²) in [5.41, 5.74) is -0.450. The molecular formula is C15H26BNO5S. The smallest absolute Gasteiger partial charge is 0.490 e. The number of benzene rings is 1. The molecule has 0 aliphatic carbocycles. The molecule has 0 unspecified atom stereocenters. The quantitative estimate of drug-likeness (QED) is 0.479. The van der Waals surface area contributed by atoms with Crippen molar-refractivity contribution in [2.45, 2.75) is 52.7 Å². The van der Waals surface area contributed by atoms with E-state index in [1.54, 1.807) is 12.1 Å². The number of methoxy groups -OCH3 is 1. The number of hydrogen-bond donors (Lipinski definition) is 0. The highest BCUT2D eigenvalue weighted by atomic mass is 32.1. The van der Waals surface area contributed by atoms with Gasteiger partial charge in [-0.2, -0.15) is 13.5 Å². The van der Waals surface area contributed by atoms with Crippen LogP contribution < -0.4 is 10.2 Å². The molecule has 0 bridgehead atoms. The van der Waals surface area contributed by atoms with Crippen molar-refractivity contribution in [2.24, 2.45) is 0 Å². The van der Waals surface area contributed by atoms with Gasteiger partial charge in [0.2, 0.25) is 0 Å². The second-order valence-electron chi connectivity index (χ2n) is 5.78. The van der Waals surface area contributed by atoms with Gasteiger partial charge in [-0.15, -0.1) is 0 Å². The lowest BCUT2D eigenvalue weighted by atomic mass is 9.79. The van der Waals surface area contributed by atoms with Crippen LogP contribution >= 0.6 is 13.5 Å². The minimum absolute atomic E-state index is 0. The molecule has 0 radical (unpaired) electrons.